The van der Waals surface area contributed by atoms with E-state index in [4.69, 9.17) is 14.5 Å². The van der Waals surface area contributed by atoms with Gasteiger partial charge in [-0.1, -0.05) is 56.9 Å². The molecule has 1 aliphatic heterocycles. The van der Waals surface area contributed by atoms with Crippen molar-refractivity contribution >= 4 is 17.7 Å². The van der Waals surface area contributed by atoms with E-state index < -0.39 is 17.6 Å². The number of benzene rings is 2. The molecule has 1 heterocycles. The summed E-state index contributed by atoms with van der Waals surface area (Å²) in [6.07, 6.45) is 7.00. The lowest BCUT2D eigenvalue weighted by molar-refractivity contribution is -0.150. The number of amidine groups is 1. The van der Waals surface area contributed by atoms with Crippen LogP contribution in [0.1, 0.15) is 77.7 Å². The number of esters is 1. The van der Waals surface area contributed by atoms with Gasteiger partial charge in [0.1, 0.15) is 22.9 Å². The number of hydrogen-bond acceptors (Lipinski definition) is 5. The number of hydrogen-bond donors (Lipinski definition) is 0. The maximum absolute atomic E-state index is 14.7. The van der Waals surface area contributed by atoms with Gasteiger partial charge in [-0.15, -0.1) is 0 Å². The van der Waals surface area contributed by atoms with Crippen LogP contribution in [0.2, 0.25) is 0 Å². The molecule has 1 aliphatic carbocycles. The molecule has 2 aromatic rings. The van der Waals surface area contributed by atoms with Gasteiger partial charge in [-0.25, -0.2) is 9.18 Å². The van der Waals surface area contributed by atoms with E-state index in [9.17, 15) is 14.0 Å². The lowest BCUT2D eigenvalue weighted by atomic mass is 9.82. The van der Waals surface area contributed by atoms with Gasteiger partial charge in [0.05, 0.1) is 13.2 Å². The van der Waals surface area contributed by atoms with E-state index >= 15 is 0 Å². The molecule has 0 bridgehead atoms. The highest BCUT2D eigenvalue weighted by atomic mass is 19.1. The second kappa shape index (κ2) is 11.9. The Labute approximate surface area is 218 Å². The minimum atomic E-state index is -0.797. The molecule has 2 aliphatic rings. The number of halogens is 1. The van der Waals surface area contributed by atoms with Gasteiger partial charge in [0.15, 0.2) is 6.10 Å². The fraction of sp³-hybridized carbons (Fsp3) is 0.500. The molecule has 37 heavy (non-hydrogen) atoms. The molecule has 1 fully saturated rings. The van der Waals surface area contributed by atoms with Crippen molar-refractivity contribution in [2.45, 2.75) is 90.3 Å². The van der Waals surface area contributed by atoms with Gasteiger partial charge in [0.25, 0.3) is 5.91 Å². The first-order valence-electron chi connectivity index (χ1n) is 13.5. The summed E-state index contributed by atoms with van der Waals surface area (Å²) in [6.45, 7) is 6.21. The van der Waals surface area contributed by atoms with Crippen molar-refractivity contribution < 1.29 is 23.5 Å². The van der Waals surface area contributed by atoms with E-state index in [-0.39, 0.29) is 18.3 Å². The summed E-state index contributed by atoms with van der Waals surface area (Å²) in [5.41, 5.74) is 1.47. The SMILES string of the molecule is CCCCC1=NC2(CCCCC2)C(=O)N1Cc1ccc(-c2cc(OC(C)C(=O)OCC)ccc2F)cc1. The Morgan fingerprint density at radius 2 is 1.84 bits per heavy atom. The maximum Gasteiger partial charge on any atom is 0.347 e. The summed E-state index contributed by atoms with van der Waals surface area (Å²) in [4.78, 5) is 32.3. The van der Waals surface area contributed by atoms with E-state index in [0.29, 0.717) is 23.4 Å². The first kappa shape index (κ1) is 26.8. The molecule has 2 aromatic carbocycles. The number of aliphatic imine (C=N–C) groups is 1. The Morgan fingerprint density at radius 1 is 1.11 bits per heavy atom. The molecule has 4 rings (SSSR count). The highest BCUT2D eigenvalue weighted by Crippen LogP contribution is 2.39. The Morgan fingerprint density at radius 3 is 2.51 bits per heavy atom. The van der Waals surface area contributed by atoms with Crippen LogP contribution in [0.4, 0.5) is 4.39 Å². The molecule has 0 aromatic heterocycles. The maximum atomic E-state index is 14.7. The van der Waals surface area contributed by atoms with E-state index in [1.54, 1.807) is 19.9 Å². The average Bonchev–Trinajstić information content (AvgIpc) is 3.14. The number of carbonyl (C=O) groups excluding carboxylic acids is 2. The number of amides is 1. The van der Waals surface area contributed by atoms with Crippen molar-refractivity contribution in [1.82, 2.24) is 4.90 Å². The summed E-state index contributed by atoms with van der Waals surface area (Å²) in [5, 5.41) is 0. The molecule has 0 radical (unpaired) electrons. The standard InChI is InChI=1S/C30H37FN2O4/c1-4-6-10-27-32-30(17-8-7-9-18-30)29(35)33(27)20-22-11-13-23(14-12-22)25-19-24(15-16-26(25)31)37-21(3)28(34)36-5-2/h11-16,19,21H,4-10,17-18,20H2,1-3H3. The van der Waals surface area contributed by atoms with Crippen LogP contribution in [0.15, 0.2) is 47.5 Å². The van der Waals surface area contributed by atoms with Gasteiger partial charge >= 0.3 is 5.97 Å². The first-order chi connectivity index (χ1) is 17.9. The predicted octanol–water partition coefficient (Wildman–Crippen LogP) is 6.46. The molecule has 0 N–H and O–H groups in total. The molecular weight excluding hydrogens is 471 g/mol. The molecule has 1 unspecified atom stereocenters. The molecule has 1 spiro atoms. The van der Waals surface area contributed by atoms with Crippen molar-refractivity contribution in [2.24, 2.45) is 4.99 Å². The Kier molecular flexibility index (Phi) is 8.62. The van der Waals surface area contributed by atoms with E-state index in [0.717, 1.165) is 56.3 Å². The van der Waals surface area contributed by atoms with Crippen LogP contribution >= 0.6 is 0 Å². The van der Waals surface area contributed by atoms with Gasteiger partial charge in [0.2, 0.25) is 0 Å². The largest absolute Gasteiger partial charge is 0.479 e. The van der Waals surface area contributed by atoms with Gasteiger partial charge in [-0.2, -0.15) is 0 Å². The van der Waals surface area contributed by atoms with Gasteiger partial charge in [-0.05, 0) is 62.4 Å². The van der Waals surface area contributed by atoms with Gasteiger partial charge in [-0.3, -0.25) is 14.7 Å². The van der Waals surface area contributed by atoms with Gasteiger partial charge in [0, 0.05) is 12.0 Å². The van der Waals surface area contributed by atoms with E-state index in [1.807, 2.05) is 29.2 Å². The molecule has 7 heteroatoms. The molecule has 1 saturated carbocycles. The normalized spacial score (nSPS) is 17.6. The lowest BCUT2D eigenvalue weighted by Gasteiger charge is -2.29. The quantitative estimate of drug-likeness (QED) is 0.346. The zero-order valence-corrected chi connectivity index (χ0v) is 22.1. The highest BCUT2D eigenvalue weighted by molar-refractivity contribution is 6.08. The summed E-state index contributed by atoms with van der Waals surface area (Å²) >= 11 is 0. The minimum absolute atomic E-state index is 0.133. The van der Waals surface area contributed by atoms with Gasteiger partial charge < -0.3 is 9.47 Å². The number of ether oxygens (including phenoxy) is 2. The van der Waals surface area contributed by atoms with E-state index in [1.165, 1.54) is 18.6 Å². The Hall–Kier alpha value is -3.22. The summed E-state index contributed by atoms with van der Waals surface area (Å²) in [6, 6.07) is 12.0. The number of carbonyl (C=O) groups is 2. The second-order valence-electron chi connectivity index (χ2n) is 9.97. The molecule has 0 saturated heterocycles. The topological polar surface area (TPSA) is 68.2 Å². The molecule has 198 valence electrons. The average molecular weight is 509 g/mol. The molecular formula is C30H37FN2O4. The molecule has 1 atom stereocenters. The monoisotopic (exact) mass is 508 g/mol. The zero-order chi connectivity index (χ0) is 26.4. The fourth-order valence-electron chi connectivity index (χ4n) is 5.16. The summed E-state index contributed by atoms with van der Waals surface area (Å²) in [7, 11) is 0. The third-order valence-corrected chi connectivity index (χ3v) is 7.21. The third kappa shape index (κ3) is 6.03. The molecule has 1 amide bonds. The number of rotatable bonds is 10. The van der Waals surface area contributed by atoms with E-state index in [2.05, 4.69) is 6.92 Å². The number of unbranched alkanes of at least 4 members (excludes halogenated alkanes) is 1. The van der Waals surface area contributed by atoms with Crippen LogP contribution in [0, 0.1) is 5.82 Å². The van der Waals surface area contributed by atoms with Crippen LogP contribution in [0.3, 0.4) is 0 Å². The summed E-state index contributed by atoms with van der Waals surface area (Å²) in [5.74, 6) is 0.578. The van der Waals surface area contributed by atoms with Crippen molar-refractivity contribution in [3.8, 4) is 16.9 Å². The van der Waals surface area contributed by atoms with Crippen molar-refractivity contribution in [2.75, 3.05) is 6.61 Å². The first-order valence-corrected chi connectivity index (χ1v) is 13.5. The van der Waals surface area contributed by atoms with Crippen LogP contribution < -0.4 is 4.74 Å². The lowest BCUT2D eigenvalue weighted by Crippen LogP contribution is -2.43. The van der Waals surface area contributed by atoms with Crippen molar-refractivity contribution in [1.29, 1.82) is 0 Å². The highest BCUT2D eigenvalue weighted by Gasteiger charge is 2.48. The number of nitrogens with zero attached hydrogens (tertiary/aromatic N) is 2. The second-order valence-corrected chi connectivity index (χ2v) is 9.97. The van der Waals surface area contributed by atoms with Crippen LogP contribution in [-0.4, -0.2) is 40.9 Å². The minimum Gasteiger partial charge on any atom is -0.479 e. The molecule has 6 nitrogen and oxygen atoms in total. The van der Waals surface area contributed by atoms with Crippen molar-refractivity contribution in [3.63, 3.8) is 0 Å². The fourth-order valence-corrected chi connectivity index (χ4v) is 5.16. The van der Waals surface area contributed by atoms with Crippen LogP contribution in [0.25, 0.3) is 11.1 Å². The Balaban J connectivity index is 1.50. The Bertz CT molecular complexity index is 1140. The third-order valence-electron chi connectivity index (χ3n) is 7.21. The van der Waals surface area contributed by atoms with Crippen LogP contribution in [0.5, 0.6) is 5.75 Å². The van der Waals surface area contributed by atoms with Crippen molar-refractivity contribution in [3.05, 3.63) is 53.8 Å². The van der Waals surface area contributed by atoms with Crippen LogP contribution in [-0.2, 0) is 20.9 Å². The zero-order valence-electron chi connectivity index (χ0n) is 22.1. The smallest absolute Gasteiger partial charge is 0.347 e. The summed E-state index contributed by atoms with van der Waals surface area (Å²) < 4.78 is 25.4. The predicted molar refractivity (Wildman–Crippen MR) is 142 cm³/mol.